The van der Waals surface area contributed by atoms with Crippen molar-refractivity contribution >= 4 is 11.9 Å². The highest BCUT2D eigenvalue weighted by molar-refractivity contribution is 5.83. The summed E-state index contributed by atoms with van der Waals surface area (Å²) in [5.41, 5.74) is 0.676. The number of carboxylic acid groups (broad SMARTS) is 1. The van der Waals surface area contributed by atoms with Gasteiger partial charge >= 0.3 is 5.97 Å². The number of carboxylic acids is 1. The molecule has 2 N–H and O–H groups in total. The lowest BCUT2D eigenvalue weighted by Gasteiger charge is -2.14. The number of nitrogens with one attached hydrogen (secondary N) is 1. The van der Waals surface area contributed by atoms with Crippen molar-refractivity contribution in [3.05, 3.63) is 29.8 Å². The number of methoxy groups -OCH3 is 1. The van der Waals surface area contributed by atoms with Crippen LogP contribution in [-0.4, -0.2) is 30.1 Å². The molecule has 0 spiro atoms. The van der Waals surface area contributed by atoms with Gasteiger partial charge in [-0.25, -0.2) is 4.79 Å². The van der Waals surface area contributed by atoms with Crippen LogP contribution in [0.25, 0.3) is 0 Å². The highest BCUT2D eigenvalue weighted by Gasteiger charge is 2.20. The molecule has 186 valence electrons. The summed E-state index contributed by atoms with van der Waals surface area (Å²) in [6, 6.07) is 8.20. The Labute approximate surface area is 201 Å². The standard InChI is InChI=1S/C28H45NO4/c1-3-4-5-6-7-8-9-10-11-12-13-14-15-16-17-18-27(30)29-26(28(31)32)23-24-19-21-25(33-2)22-20-24/h19,21,26H,3-18,23H2,1-2H3,(H,29,30)(H,31,32). The van der Waals surface area contributed by atoms with E-state index in [9.17, 15) is 14.7 Å². The molecular weight excluding hydrogens is 414 g/mol. The highest BCUT2D eigenvalue weighted by atomic mass is 16.5. The van der Waals surface area contributed by atoms with E-state index >= 15 is 0 Å². The second-order valence-electron chi connectivity index (χ2n) is 9.04. The van der Waals surface area contributed by atoms with E-state index in [2.05, 4.69) is 24.4 Å². The summed E-state index contributed by atoms with van der Waals surface area (Å²) < 4.78 is 5.03. The number of carbonyl (C=O) groups excluding carboxylic acids is 1. The number of aliphatic carboxylic acids is 1. The Morgan fingerprint density at radius 1 is 0.848 bits per heavy atom. The zero-order valence-corrected chi connectivity index (χ0v) is 20.9. The smallest absolute Gasteiger partial charge is 0.326 e. The van der Waals surface area contributed by atoms with Crippen molar-refractivity contribution in [1.82, 2.24) is 5.32 Å². The van der Waals surface area contributed by atoms with Gasteiger partial charge in [0, 0.05) is 18.4 Å². The average Bonchev–Trinajstić information content (AvgIpc) is 2.81. The molecule has 0 aliphatic heterocycles. The Morgan fingerprint density at radius 2 is 1.36 bits per heavy atom. The lowest BCUT2D eigenvalue weighted by Crippen LogP contribution is -2.42. The summed E-state index contributed by atoms with van der Waals surface area (Å²) in [6.45, 7) is 2.26. The number of rotatable bonds is 21. The largest absolute Gasteiger partial charge is 0.489 e. The fraction of sp³-hybridized carbons (Fsp3) is 0.714. The van der Waals surface area contributed by atoms with Crippen LogP contribution in [0.3, 0.4) is 0 Å². The number of hydrogen-bond acceptors (Lipinski definition) is 3. The Kier molecular flexibility index (Phi) is 16.8. The summed E-state index contributed by atoms with van der Waals surface area (Å²) in [6.07, 6.45) is 19.7. The lowest BCUT2D eigenvalue weighted by molar-refractivity contribution is -0.141. The Balaban J connectivity index is 2.02. The monoisotopic (exact) mass is 459 g/mol. The molecule has 0 aliphatic rings. The van der Waals surface area contributed by atoms with E-state index in [4.69, 9.17) is 4.74 Å². The van der Waals surface area contributed by atoms with Gasteiger partial charge < -0.3 is 15.2 Å². The van der Waals surface area contributed by atoms with Crippen molar-refractivity contribution in [2.24, 2.45) is 0 Å². The third-order valence-corrected chi connectivity index (χ3v) is 6.07. The van der Waals surface area contributed by atoms with Crippen molar-refractivity contribution in [1.29, 1.82) is 0 Å². The molecule has 0 heterocycles. The zero-order chi connectivity index (χ0) is 24.2. The summed E-state index contributed by atoms with van der Waals surface area (Å²) in [7, 11) is 1.54. The van der Waals surface area contributed by atoms with Gasteiger partial charge in [0.2, 0.25) is 5.91 Å². The second-order valence-corrected chi connectivity index (χ2v) is 9.04. The summed E-state index contributed by atoms with van der Waals surface area (Å²) in [5.74, 6) is -0.693. The van der Waals surface area contributed by atoms with Gasteiger partial charge in [0.05, 0.1) is 7.11 Å². The summed E-state index contributed by atoms with van der Waals surface area (Å²) in [4.78, 5) is 23.7. The molecule has 1 aromatic rings. The maximum absolute atomic E-state index is 12.2. The Hall–Kier alpha value is -2.22. The van der Waals surface area contributed by atoms with Crippen molar-refractivity contribution in [2.45, 2.75) is 122 Å². The molecule has 0 radical (unpaired) electrons. The molecule has 33 heavy (non-hydrogen) atoms. The number of carbonyl (C=O) groups is 2. The minimum Gasteiger partial charge on any atom is -0.489 e. The first-order valence-electron chi connectivity index (χ1n) is 13.1. The van der Waals surface area contributed by atoms with E-state index in [1.54, 1.807) is 12.1 Å². The molecule has 1 rings (SSSR count). The van der Waals surface area contributed by atoms with Crippen molar-refractivity contribution in [2.75, 3.05) is 7.11 Å². The van der Waals surface area contributed by atoms with E-state index in [-0.39, 0.29) is 12.3 Å². The maximum atomic E-state index is 12.2. The number of unbranched alkanes of at least 4 members (excludes halogenated alkanes) is 14. The van der Waals surface area contributed by atoms with Crippen molar-refractivity contribution < 1.29 is 19.4 Å². The fourth-order valence-corrected chi connectivity index (χ4v) is 3.98. The van der Waals surface area contributed by atoms with Crippen LogP contribution >= 0.6 is 0 Å². The molecular formula is C28H45NO4. The van der Waals surface area contributed by atoms with E-state index in [0.29, 0.717) is 17.7 Å². The number of ether oxygens (including phenoxy) is 1. The first-order chi connectivity index (χ1) is 16.1. The molecule has 0 saturated carbocycles. The van der Waals surface area contributed by atoms with Crippen LogP contribution in [0.5, 0.6) is 5.75 Å². The molecule has 0 saturated heterocycles. The molecule has 1 unspecified atom stereocenters. The molecule has 0 aromatic heterocycles. The first-order valence-corrected chi connectivity index (χ1v) is 13.1. The Morgan fingerprint density at radius 3 is 1.79 bits per heavy atom. The topological polar surface area (TPSA) is 75.6 Å². The van der Waals surface area contributed by atoms with Gasteiger partial charge in [0.15, 0.2) is 5.75 Å². The van der Waals surface area contributed by atoms with Gasteiger partial charge in [-0.05, 0) is 24.6 Å². The van der Waals surface area contributed by atoms with Gasteiger partial charge in [0.1, 0.15) is 6.04 Å². The normalized spacial score (nSPS) is 11.6. The SMILES string of the molecule is CCCCCCCCCCCCCCCCCC(=O)NC(Cc1c#cc(OC)cc1)C(=O)O. The van der Waals surface area contributed by atoms with Crippen molar-refractivity contribution in [3.8, 4) is 5.75 Å². The molecule has 1 aromatic carbocycles. The maximum Gasteiger partial charge on any atom is 0.326 e. The number of amides is 1. The van der Waals surface area contributed by atoms with Crippen LogP contribution in [-0.2, 0) is 16.0 Å². The summed E-state index contributed by atoms with van der Waals surface area (Å²) >= 11 is 0. The molecule has 1 atom stereocenters. The van der Waals surface area contributed by atoms with Crippen LogP contribution in [0.15, 0.2) is 12.1 Å². The second kappa shape index (κ2) is 19.3. The fourth-order valence-electron chi connectivity index (χ4n) is 3.98. The predicted octanol–water partition coefficient (Wildman–Crippen LogP) is 6.67. The quantitative estimate of drug-likeness (QED) is 0.201. The van der Waals surface area contributed by atoms with Crippen LogP contribution < -0.4 is 10.1 Å². The first kappa shape index (κ1) is 28.8. The van der Waals surface area contributed by atoms with Gasteiger partial charge in [-0.1, -0.05) is 103 Å². The molecule has 5 heteroatoms. The highest BCUT2D eigenvalue weighted by Crippen LogP contribution is 2.14. The van der Waals surface area contributed by atoms with E-state index < -0.39 is 12.0 Å². The predicted molar refractivity (Wildman–Crippen MR) is 133 cm³/mol. The average molecular weight is 460 g/mol. The lowest BCUT2D eigenvalue weighted by atomic mass is 10.0. The van der Waals surface area contributed by atoms with Gasteiger partial charge in [-0.2, -0.15) is 0 Å². The minimum atomic E-state index is -1.04. The molecule has 0 bridgehead atoms. The number of hydrogen-bond donors (Lipinski definition) is 2. The molecule has 1 amide bonds. The van der Waals surface area contributed by atoms with Crippen LogP contribution in [0.1, 0.15) is 115 Å². The van der Waals surface area contributed by atoms with Crippen molar-refractivity contribution in [3.63, 3.8) is 0 Å². The Bertz CT molecular complexity index is 629. The minimum absolute atomic E-state index is 0.181. The van der Waals surface area contributed by atoms with E-state index in [0.717, 1.165) is 19.3 Å². The van der Waals surface area contributed by atoms with Crippen LogP contribution in [0.2, 0.25) is 0 Å². The molecule has 5 nitrogen and oxygen atoms in total. The van der Waals surface area contributed by atoms with Crippen LogP contribution in [0.4, 0.5) is 0 Å². The molecule has 0 fully saturated rings. The van der Waals surface area contributed by atoms with E-state index in [1.165, 1.54) is 84.2 Å². The van der Waals surface area contributed by atoms with Gasteiger partial charge in [0.25, 0.3) is 0 Å². The third-order valence-electron chi connectivity index (χ3n) is 6.07. The van der Waals surface area contributed by atoms with Gasteiger partial charge in [-0.15, -0.1) is 0 Å². The third kappa shape index (κ3) is 15.3. The summed E-state index contributed by atoms with van der Waals surface area (Å²) in [5, 5.41) is 12.1. The zero-order valence-electron chi connectivity index (χ0n) is 20.9. The van der Waals surface area contributed by atoms with Gasteiger partial charge in [-0.3, -0.25) is 4.79 Å². The van der Waals surface area contributed by atoms with E-state index in [1.807, 2.05) is 0 Å². The van der Waals surface area contributed by atoms with Crippen LogP contribution in [0, 0.1) is 12.1 Å². The molecule has 0 aliphatic carbocycles.